The van der Waals surface area contributed by atoms with Gasteiger partial charge in [-0.05, 0) is 19.4 Å². The van der Waals surface area contributed by atoms with Gasteiger partial charge in [-0.1, -0.05) is 12.1 Å². The topological polar surface area (TPSA) is 52.4 Å². The van der Waals surface area contributed by atoms with Gasteiger partial charge in [-0.25, -0.2) is 0 Å². The van der Waals surface area contributed by atoms with Crippen molar-refractivity contribution >= 4 is 5.69 Å². The van der Waals surface area contributed by atoms with Crippen LogP contribution in [0.4, 0.5) is 5.69 Å². The Hall–Kier alpha value is -1.42. The molecule has 1 rings (SSSR count). The van der Waals surface area contributed by atoms with Crippen LogP contribution in [0.2, 0.25) is 0 Å². The molecular weight excluding hydrogens is 194 g/mol. The highest BCUT2D eigenvalue weighted by Crippen LogP contribution is 2.18. The van der Waals surface area contributed by atoms with Crippen LogP contribution in [-0.4, -0.2) is 17.6 Å². The molecular formula is C11H15NO3. The summed E-state index contributed by atoms with van der Waals surface area (Å²) in [4.78, 5) is 10.0. The largest absolute Gasteiger partial charge is 0.378 e. The van der Waals surface area contributed by atoms with Crippen LogP contribution in [-0.2, 0) is 11.2 Å². The zero-order valence-electron chi connectivity index (χ0n) is 9.19. The lowest BCUT2D eigenvalue weighted by molar-refractivity contribution is -0.384. The molecule has 0 aromatic heterocycles. The van der Waals surface area contributed by atoms with Gasteiger partial charge in [0.25, 0.3) is 5.69 Å². The highest BCUT2D eigenvalue weighted by atomic mass is 16.6. The van der Waals surface area contributed by atoms with E-state index in [1.165, 1.54) is 12.1 Å². The number of hydrogen-bond acceptors (Lipinski definition) is 3. The minimum atomic E-state index is -0.398. The first-order valence-corrected chi connectivity index (χ1v) is 4.73. The molecule has 82 valence electrons. The summed E-state index contributed by atoms with van der Waals surface area (Å²) in [7, 11) is 1.66. The van der Waals surface area contributed by atoms with Crippen molar-refractivity contribution in [2.75, 3.05) is 7.11 Å². The molecule has 0 fully saturated rings. The van der Waals surface area contributed by atoms with Crippen LogP contribution >= 0.6 is 0 Å². The molecule has 1 aromatic carbocycles. The first-order chi connectivity index (χ1) is 6.94. The van der Waals surface area contributed by atoms with Gasteiger partial charge >= 0.3 is 0 Å². The van der Waals surface area contributed by atoms with Crippen LogP contribution in [0.15, 0.2) is 24.3 Å². The van der Waals surface area contributed by atoms with Crippen LogP contribution in [0.25, 0.3) is 0 Å². The van der Waals surface area contributed by atoms with E-state index in [2.05, 4.69) is 0 Å². The number of nitro groups is 1. The van der Waals surface area contributed by atoms with Crippen LogP contribution in [0, 0.1) is 10.1 Å². The Morgan fingerprint density at radius 3 is 2.27 bits per heavy atom. The SMILES string of the molecule is COC(C)(C)Cc1ccc([N+](=O)[O-])cc1. The number of non-ortho nitro benzene ring substituents is 1. The highest BCUT2D eigenvalue weighted by molar-refractivity contribution is 5.33. The molecule has 0 aliphatic rings. The van der Waals surface area contributed by atoms with Crippen LogP contribution < -0.4 is 0 Å². The average molecular weight is 209 g/mol. The summed E-state index contributed by atoms with van der Waals surface area (Å²) in [5.74, 6) is 0. The van der Waals surface area contributed by atoms with Gasteiger partial charge in [0.05, 0.1) is 10.5 Å². The lowest BCUT2D eigenvalue weighted by atomic mass is 9.98. The quantitative estimate of drug-likeness (QED) is 0.565. The normalized spacial score (nSPS) is 11.4. The van der Waals surface area contributed by atoms with E-state index in [1.807, 2.05) is 13.8 Å². The van der Waals surface area contributed by atoms with E-state index in [9.17, 15) is 10.1 Å². The third-order valence-corrected chi connectivity index (χ3v) is 2.33. The first kappa shape index (κ1) is 11.7. The summed E-state index contributed by atoms with van der Waals surface area (Å²) in [6.45, 7) is 3.96. The average Bonchev–Trinajstić information content (AvgIpc) is 2.18. The van der Waals surface area contributed by atoms with Gasteiger partial charge in [0.15, 0.2) is 0 Å². The Bertz CT molecular complexity index is 343. The van der Waals surface area contributed by atoms with Crippen LogP contribution in [0.5, 0.6) is 0 Å². The Labute approximate surface area is 89.0 Å². The van der Waals surface area contributed by atoms with Crippen molar-refractivity contribution in [3.05, 3.63) is 39.9 Å². The Morgan fingerprint density at radius 2 is 1.87 bits per heavy atom. The molecule has 4 nitrogen and oxygen atoms in total. The van der Waals surface area contributed by atoms with Gasteiger partial charge in [0, 0.05) is 25.7 Å². The van der Waals surface area contributed by atoms with Crippen molar-refractivity contribution in [1.82, 2.24) is 0 Å². The maximum absolute atomic E-state index is 10.4. The van der Waals surface area contributed by atoms with Crippen molar-refractivity contribution in [2.24, 2.45) is 0 Å². The Morgan fingerprint density at radius 1 is 1.33 bits per heavy atom. The maximum atomic E-state index is 10.4. The molecule has 0 saturated heterocycles. The molecule has 0 N–H and O–H groups in total. The number of rotatable bonds is 4. The Kier molecular flexibility index (Phi) is 3.42. The molecule has 0 saturated carbocycles. The number of nitro benzene ring substituents is 1. The van der Waals surface area contributed by atoms with Crippen LogP contribution in [0.1, 0.15) is 19.4 Å². The summed E-state index contributed by atoms with van der Waals surface area (Å²) in [6.07, 6.45) is 0.738. The second-order valence-corrected chi connectivity index (χ2v) is 4.06. The van der Waals surface area contributed by atoms with E-state index in [-0.39, 0.29) is 11.3 Å². The van der Waals surface area contributed by atoms with Crippen molar-refractivity contribution < 1.29 is 9.66 Å². The standard InChI is InChI=1S/C11H15NO3/c1-11(2,15-3)8-9-4-6-10(7-5-9)12(13)14/h4-7H,8H2,1-3H3. The van der Waals surface area contributed by atoms with Crippen molar-refractivity contribution in [2.45, 2.75) is 25.9 Å². The predicted molar refractivity (Wildman–Crippen MR) is 57.9 cm³/mol. The van der Waals surface area contributed by atoms with E-state index in [0.717, 1.165) is 12.0 Å². The predicted octanol–water partition coefficient (Wildman–Crippen LogP) is 2.56. The lowest BCUT2D eigenvalue weighted by Gasteiger charge is -2.22. The number of nitrogens with zero attached hydrogens (tertiary/aromatic N) is 1. The third-order valence-electron chi connectivity index (χ3n) is 2.33. The molecule has 0 heterocycles. The monoisotopic (exact) mass is 209 g/mol. The maximum Gasteiger partial charge on any atom is 0.269 e. The first-order valence-electron chi connectivity index (χ1n) is 4.73. The molecule has 0 amide bonds. The minimum absolute atomic E-state index is 0.119. The highest BCUT2D eigenvalue weighted by Gasteiger charge is 2.17. The van der Waals surface area contributed by atoms with Crippen LogP contribution in [0.3, 0.4) is 0 Å². The molecule has 15 heavy (non-hydrogen) atoms. The van der Waals surface area contributed by atoms with Crippen molar-refractivity contribution in [3.63, 3.8) is 0 Å². The van der Waals surface area contributed by atoms with Gasteiger partial charge in [-0.15, -0.1) is 0 Å². The zero-order valence-corrected chi connectivity index (χ0v) is 9.19. The van der Waals surface area contributed by atoms with Crippen molar-refractivity contribution in [1.29, 1.82) is 0 Å². The van der Waals surface area contributed by atoms with Gasteiger partial charge in [0.1, 0.15) is 0 Å². The summed E-state index contributed by atoms with van der Waals surface area (Å²) in [5, 5.41) is 10.4. The molecule has 1 aromatic rings. The lowest BCUT2D eigenvalue weighted by Crippen LogP contribution is -2.25. The zero-order chi connectivity index (χ0) is 11.5. The Balaban J connectivity index is 2.77. The second kappa shape index (κ2) is 4.40. The van der Waals surface area contributed by atoms with E-state index >= 15 is 0 Å². The minimum Gasteiger partial charge on any atom is -0.378 e. The summed E-state index contributed by atoms with van der Waals surface area (Å²) in [5.41, 5.74) is 0.914. The van der Waals surface area contributed by atoms with Gasteiger partial charge in [-0.3, -0.25) is 10.1 Å². The van der Waals surface area contributed by atoms with Gasteiger partial charge in [0.2, 0.25) is 0 Å². The molecule has 0 spiro atoms. The summed E-state index contributed by atoms with van der Waals surface area (Å²) < 4.78 is 5.29. The molecule has 0 bridgehead atoms. The number of methoxy groups -OCH3 is 1. The fourth-order valence-corrected chi connectivity index (χ4v) is 1.30. The molecule has 0 aliphatic heterocycles. The van der Waals surface area contributed by atoms with Gasteiger partial charge < -0.3 is 4.74 Å². The molecule has 0 radical (unpaired) electrons. The summed E-state index contributed by atoms with van der Waals surface area (Å²) >= 11 is 0. The fourth-order valence-electron chi connectivity index (χ4n) is 1.30. The van der Waals surface area contributed by atoms with Crippen molar-refractivity contribution in [3.8, 4) is 0 Å². The second-order valence-electron chi connectivity index (χ2n) is 4.06. The number of hydrogen-bond donors (Lipinski definition) is 0. The number of benzene rings is 1. The number of ether oxygens (including phenoxy) is 1. The van der Waals surface area contributed by atoms with E-state index in [4.69, 9.17) is 4.74 Å². The molecule has 0 atom stereocenters. The molecule has 0 aliphatic carbocycles. The van der Waals surface area contributed by atoms with E-state index < -0.39 is 4.92 Å². The molecule has 4 heteroatoms. The van der Waals surface area contributed by atoms with E-state index in [1.54, 1.807) is 19.2 Å². The van der Waals surface area contributed by atoms with E-state index in [0.29, 0.717) is 0 Å². The smallest absolute Gasteiger partial charge is 0.269 e. The molecule has 0 unspecified atom stereocenters. The third kappa shape index (κ3) is 3.32. The fraction of sp³-hybridized carbons (Fsp3) is 0.455. The van der Waals surface area contributed by atoms with Gasteiger partial charge in [-0.2, -0.15) is 0 Å². The summed E-state index contributed by atoms with van der Waals surface area (Å²) in [6, 6.07) is 6.56.